The van der Waals surface area contributed by atoms with Gasteiger partial charge in [-0.1, -0.05) is 22.0 Å². The summed E-state index contributed by atoms with van der Waals surface area (Å²) in [7, 11) is -3.11. The summed E-state index contributed by atoms with van der Waals surface area (Å²) in [6.45, 7) is 0.818. The number of nitrogens with zero attached hydrogens (tertiary/aromatic N) is 1. The first-order chi connectivity index (χ1) is 9.46. The van der Waals surface area contributed by atoms with Gasteiger partial charge in [0.25, 0.3) is 5.91 Å². The third-order valence-corrected chi connectivity index (χ3v) is 5.85. The van der Waals surface area contributed by atoms with Crippen LogP contribution in [0.3, 0.4) is 0 Å². The lowest BCUT2D eigenvalue weighted by atomic mass is 10.1. The Labute approximate surface area is 126 Å². The van der Waals surface area contributed by atoms with E-state index in [0.29, 0.717) is 18.7 Å². The first-order valence-corrected chi connectivity index (χ1v) is 8.96. The molecule has 0 radical (unpaired) electrons. The Kier molecular flexibility index (Phi) is 3.60. The summed E-state index contributed by atoms with van der Waals surface area (Å²) < 4.78 is 29.8. The van der Waals surface area contributed by atoms with Crippen molar-refractivity contribution in [3.8, 4) is 0 Å². The highest BCUT2D eigenvalue weighted by atomic mass is 79.9. The molecule has 1 aromatic carbocycles. The number of carbonyl (C=O) groups excluding carboxylic acids is 1. The highest BCUT2D eigenvalue weighted by Crippen LogP contribution is 2.26. The molecule has 0 bridgehead atoms. The Balaban J connectivity index is 1.88. The molecule has 1 amide bonds. The number of benzene rings is 1. The quantitative estimate of drug-likeness (QED) is 0.752. The predicted molar refractivity (Wildman–Crippen MR) is 77.4 cm³/mol. The maximum atomic E-state index is 12.6. The van der Waals surface area contributed by atoms with Crippen molar-refractivity contribution in [2.45, 2.75) is 12.1 Å². The third-order valence-electron chi connectivity index (χ3n) is 3.67. The Hall–Kier alpha value is -0.920. The van der Waals surface area contributed by atoms with Gasteiger partial charge in [0, 0.05) is 16.6 Å². The van der Waals surface area contributed by atoms with Gasteiger partial charge in [0.05, 0.1) is 30.3 Å². The monoisotopic (exact) mass is 359 g/mol. The number of amides is 1. The van der Waals surface area contributed by atoms with Crippen molar-refractivity contribution in [2.75, 3.05) is 24.7 Å². The van der Waals surface area contributed by atoms with E-state index in [1.165, 1.54) is 0 Å². The standard InChI is InChI=1S/C13H14BrNO4S/c14-10-3-1-2-9(6-10)13(16)15-4-5-19-12-8-20(17,18)7-11(12)15/h1-3,6,11-12H,4-5,7-8H2. The molecule has 2 atom stereocenters. The van der Waals surface area contributed by atoms with Gasteiger partial charge in [-0.2, -0.15) is 0 Å². The van der Waals surface area contributed by atoms with Crippen molar-refractivity contribution in [1.82, 2.24) is 4.90 Å². The molecule has 2 heterocycles. The second-order valence-corrected chi connectivity index (χ2v) is 8.13. The zero-order chi connectivity index (χ0) is 14.3. The fraction of sp³-hybridized carbons (Fsp3) is 0.462. The molecular formula is C13H14BrNO4S. The highest BCUT2D eigenvalue weighted by Gasteiger charge is 2.45. The van der Waals surface area contributed by atoms with Gasteiger partial charge < -0.3 is 9.64 Å². The van der Waals surface area contributed by atoms with Gasteiger partial charge in [0.1, 0.15) is 0 Å². The minimum Gasteiger partial charge on any atom is -0.373 e. The van der Waals surface area contributed by atoms with Crippen LogP contribution in [-0.2, 0) is 14.6 Å². The van der Waals surface area contributed by atoms with Crippen LogP contribution in [0, 0.1) is 0 Å². The van der Waals surface area contributed by atoms with Crippen molar-refractivity contribution in [3.05, 3.63) is 34.3 Å². The van der Waals surface area contributed by atoms with E-state index in [4.69, 9.17) is 4.74 Å². The van der Waals surface area contributed by atoms with Gasteiger partial charge in [-0.05, 0) is 18.2 Å². The van der Waals surface area contributed by atoms with Crippen molar-refractivity contribution in [1.29, 1.82) is 0 Å². The topological polar surface area (TPSA) is 63.7 Å². The van der Waals surface area contributed by atoms with Crippen LogP contribution in [0.4, 0.5) is 0 Å². The minimum atomic E-state index is -3.11. The number of carbonyl (C=O) groups is 1. The van der Waals surface area contributed by atoms with E-state index in [1.54, 1.807) is 23.1 Å². The number of sulfone groups is 1. The predicted octanol–water partition coefficient (Wildman–Crippen LogP) is 1.09. The maximum absolute atomic E-state index is 12.6. The summed E-state index contributed by atoms with van der Waals surface area (Å²) in [5.74, 6) is -0.126. The molecule has 3 rings (SSSR count). The third kappa shape index (κ3) is 2.62. The zero-order valence-electron chi connectivity index (χ0n) is 10.7. The molecule has 2 fully saturated rings. The van der Waals surface area contributed by atoms with Gasteiger partial charge >= 0.3 is 0 Å². The summed E-state index contributed by atoms with van der Waals surface area (Å²) in [4.78, 5) is 14.2. The number of fused-ring (bicyclic) bond motifs is 1. The van der Waals surface area contributed by atoms with Crippen LogP contribution in [0.2, 0.25) is 0 Å². The Morgan fingerprint density at radius 2 is 2.15 bits per heavy atom. The minimum absolute atomic E-state index is 0.00257. The van der Waals surface area contributed by atoms with Crippen LogP contribution >= 0.6 is 15.9 Å². The van der Waals surface area contributed by atoms with Crippen LogP contribution in [0.15, 0.2) is 28.7 Å². The SMILES string of the molecule is O=C(c1cccc(Br)c1)N1CCOC2CS(=O)(=O)CC21. The van der Waals surface area contributed by atoms with E-state index in [2.05, 4.69) is 15.9 Å². The molecule has 2 saturated heterocycles. The molecule has 1 aromatic rings. The fourth-order valence-electron chi connectivity index (χ4n) is 2.75. The smallest absolute Gasteiger partial charge is 0.254 e. The van der Waals surface area contributed by atoms with Crippen LogP contribution in [0.1, 0.15) is 10.4 Å². The molecule has 0 saturated carbocycles. The normalized spacial score (nSPS) is 28.1. The number of halogens is 1. The van der Waals surface area contributed by atoms with Crippen molar-refractivity contribution < 1.29 is 17.9 Å². The Morgan fingerprint density at radius 3 is 2.90 bits per heavy atom. The lowest BCUT2D eigenvalue weighted by Crippen LogP contribution is -2.53. The Morgan fingerprint density at radius 1 is 1.35 bits per heavy atom. The highest BCUT2D eigenvalue weighted by molar-refractivity contribution is 9.10. The lowest BCUT2D eigenvalue weighted by Gasteiger charge is -2.36. The van der Waals surface area contributed by atoms with E-state index in [1.807, 2.05) is 6.07 Å². The largest absolute Gasteiger partial charge is 0.373 e. The van der Waals surface area contributed by atoms with Crippen molar-refractivity contribution >= 4 is 31.7 Å². The van der Waals surface area contributed by atoms with E-state index in [-0.39, 0.29) is 29.6 Å². The molecular weight excluding hydrogens is 346 g/mol. The van der Waals surface area contributed by atoms with Crippen LogP contribution in [0.25, 0.3) is 0 Å². The zero-order valence-corrected chi connectivity index (χ0v) is 13.1. The average Bonchev–Trinajstić information content (AvgIpc) is 2.71. The van der Waals surface area contributed by atoms with Crippen molar-refractivity contribution in [2.24, 2.45) is 0 Å². The molecule has 5 nitrogen and oxygen atoms in total. The molecule has 108 valence electrons. The maximum Gasteiger partial charge on any atom is 0.254 e. The molecule has 0 spiro atoms. The van der Waals surface area contributed by atoms with Gasteiger partial charge in [-0.3, -0.25) is 4.79 Å². The number of hydrogen-bond donors (Lipinski definition) is 0. The summed E-state index contributed by atoms with van der Waals surface area (Å²) >= 11 is 3.34. The van der Waals surface area contributed by atoms with Gasteiger partial charge in [0.15, 0.2) is 9.84 Å². The summed E-state index contributed by atoms with van der Waals surface area (Å²) in [5, 5.41) is 0. The molecule has 2 aliphatic heterocycles. The first kappa shape index (κ1) is 14.0. The summed E-state index contributed by atoms with van der Waals surface area (Å²) in [6, 6.07) is 6.76. The fourth-order valence-corrected chi connectivity index (χ4v) is 5.02. The molecule has 0 aromatic heterocycles. The second kappa shape index (κ2) is 5.13. The van der Waals surface area contributed by atoms with E-state index in [9.17, 15) is 13.2 Å². The van der Waals surface area contributed by atoms with Gasteiger partial charge in [-0.25, -0.2) is 8.42 Å². The van der Waals surface area contributed by atoms with E-state index < -0.39 is 9.84 Å². The molecule has 0 aliphatic carbocycles. The number of ether oxygens (including phenoxy) is 1. The molecule has 2 unspecified atom stereocenters. The number of hydrogen-bond acceptors (Lipinski definition) is 4. The van der Waals surface area contributed by atoms with E-state index in [0.717, 1.165) is 4.47 Å². The van der Waals surface area contributed by atoms with Crippen LogP contribution in [-0.4, -0.2) is 56.0 Å². The Bertz CT molecular complexity index is 646. The molecule has 20 heavy (non-hydrogen) atoms. The van der Waals surface area contributed by atoms with Gasteiger partial charge in [0.2, 0.25) is 0 Å². The van der Waals surface area contributed by atoms with E-state index >= 15 is 0 Å². The lowest BCUT2D eigenvalue weighted by molar-refractivity contribution is -0.0361. The number of rotatable bonds is 1. The average molecular weight is 360 g/mol. The molecule has 0 N–H and O–H groups in total. The van der Waals surface area contributed by atoms with Crippen molar-refractivity contribution in [3.63, 3.8) is 0 Å². The molecule has 7 heteroatoms. The van der Waals surface area contributed by atoms with Crippen LogP contribution in [0.5, 0.6) is 0 Å². The van der Waals surface area contributed by atoms with Crippen LogP contribution < -0.4 is 0 Å². The summed E-state index contributed by atoms with van der Waals surface area (Å²) in [5.41, 5.74) is 0.560. The first-order valence-electron chi connectivity index (χ1n) is 6.35. The van der Waals surface area contributed by atoms with Gasteiger partial charge in [-0.15, -0.1) is 0 Å². The number of morpholine rings is 1. The molecule has 2 aliphatic rings. The second-order valence-electron chi connectivity index (χ2n) is 5.06. The summed E-state index contributed by atoms with van der Waals surface area (Å²) in [6.07, 6.45) is -0.384.